The Kier molecular flexibility index (Phi) is 1.44. The maximum absolute atomic E-state index is 10.4. The smallest absolute Gasteiger partial charge is 0.307 e. The number of hydrogen-bond donors (Lipinski definition) is 1. The van der Waals surface area contributed by atoms with Gasteiger partial charge in [-0.1, -0.05) is 13.8 Å². The Morgan fingerprint density at radius 3 is 1.91 bits per heavy atom. The van der Waals surface area contributed by atoms with E-state index in [0.717, 1.165) is 0 Å². The van der Waals surface area contributed by atoms with Gasteiger partial charge in [-0.25, -0.2) is 0 Å². The summed E-state index contributed by atoms with van der Waals surface area (Å²) in [6.07, 6.45) is 0. The number of carbonyl (C=O) groups excluding carboxylic acids is 1. The van der Waals surface area contributed by atoms with E-state index in [-0.39, 0.29) is 0 Å². The minimum Gasteiger partial charge on any atom is -0.550 e. The molecule has 0 aromatic rings. The zero-order valence-corrected chi connectivity index (χ0v) is 6.33. The maximum Gasteiger partial charge on any atom is 0.307 e. The Morgan fingerprint density at radius 1 is 1.36 bits per heavy atom. The van der Waals surface area contributed by atoms with Gasteiger partial charge in [-0.15, -0.1) is 0 Å². The minimum absolute atomic E-state index is 0.634. The van der Waals surface area contributed by atoms with Crippen LogP contribution >= 0.6 is 0 Å². The highest BCUT2D eigenvalue weighted by molar-refractivity contribution is 5.86. The predicted octanol–water partition coefficient (Wildman–Crippen LogP) is -0.907. The number of hydrogen-bond acceptors (Lipinski definition) is 3. The van der Waals surface area contributed by atoms with Gasteiger partial charge >= 0.3 is 5.97 Å². The van der Waals surface area contributed by atoms with Crippen molar-refractivity contribution < 1.29 is 19.8 Å². The van der Waals surface area contributed by atoms with Crippen molar-refractivity contribution in [1.82, 2.24) is 0 Å². The van der Waals surface area contributed by atoms with Crippen LogP contribution < -0.4 is 5.11 Å². The first-order chi connectivity index (χ1) is 4.89. The van der Waals surface area contributed by atoms with Crippen LogP contribution in [0.15, 0.2) is 0 Å². The maximum atomic E-state index is 10.4. The summed E-state index contributed by atoms with van der Waals surface area (Å²) < 4.78 is 0. The Labute approximate surface area is 63.8 Å². The Balaban J connectivity index is 2.76. The van der Waals surface area contributed by atoms with E-state index in [9.17, 15) is 14.7 Å². The topological polar surface area (TPSA) is 77.4 Å². The molecule has 1 aliphatic carbocycles. The molecule has 0 saturated heterocycles. The van der Waals surface area contributed by atoms with Crippen LogP contribution in [0.5, 0.6) is 0 Å². The molecule has 4 nitrogen and oxygen atoms in total. The van der Waals surface area contributed by atoms with Crippen molar-refractivity contribution in [3.05, 3.63) is 0 Å². The fraction of sp³-hybridized carbons (Fsp3) is 0.714. The summed E-state index contributed by atoms with van der Waals surface area (Å²) in [5.41, 5.74) is -0.634. The molecule has 62 valence electrons. The SMILES string of the molecule is CC1(C)C(C(=O)[O-])C1C(=O)O. The lowest BCUT2D eigenvalue weighted by atomic mass is 10.1. The summed E-state index contributed by atoms with van der Waals surface area (Å²) in [7, 11) is 0. The second-order valence-corrected chi connectivity index (χ2v) is 3.43. The molecule has 1 aliphatic rings. The predicted molar refractivity (Wildman–Crippen MR) is 33.4 cm³/mol. The largest absolute Gasteiger partial charge is 0.550 e. The fourth-order valence-electron chi connectivity index (χ4n) is 1.54. The lowest BCUT2D eigenvalue weighted by molar-refractivity contribution is -0.309. The van der Waals surface area contributed by atoms with Crippen LogP contribution in [0.4, 0.5) is 0 Å². The third kappa shape index (κ3) is 0.982. The van der Waals surface area contributed by atoms with Gasteiger partial charge in [-0.05, 0) is 5.41 Å². The number of rotatable bonds is 2. The molecule has 0 aromatic carbocycles. The molecule has 0 amide bonds. The fourth-order valence-corrected chi connectivity index (χ4v) is 1.54. The van der Waals surface area contributed by atoms with Crippen LogP contribution in [-0.2, 0) is 9.59 Å². The van der Waals surface area contributed by atoms with Gasteiger partial charge in [0.15, 0.2) is 0 Å². The first-order valence-electron chi connectivity index (χ1n) is 3.32. The van der Waals surface area contributed by atoms with Crippen LogP contribution in [0.2, 0.25) is 0 Å². The monoisotopic (exact) mass is 157 g/mol. The molecule has 0 spiro atoms. The van der Waals surface area contributed by atoms with E-state index in [1.54, 1.807) is 13.8 Å². The number of carboxylic acid groups (broad SMARTS) is 2. The van der Waals surface area contributed by atoms with Crippen molar-refractivity contribution in [3.63, 3.8) is 0 Å². The molecule has 0 aliphatic heterocycles. The molecule has 1 saturated carbocycles. The normalized spacial score (nSPS) is 32.9. The van der Waals surface area contributed by atoms with Gasteiger partial charge in [0.2, 0.25) is 0 Å². The van der Waals surface area contributed by atoms with E-state index < -0.39 is 29.2 Å². The van der Waals surface area contributed by atoms with Crippen LogP contribution in [0.3, 0.4) is 0 Å². The summed E-state index contributed by atoms with van der Waals surface area (Å²) in [4.78, 5) is 20.7. The lowest BCUT2D eigenvalue weighted by Gasteiger charge is -2.00. The van der Waals surface area contributed by atoms with Crippen molar-refractivity contribution in [2.24, 2.45) is 17.3 Å². The quantitative estimate of drug-likeness (QED) is 0.563. The van der Waals surface area contributed by atoms with Gasteiger partial charge in [-0.2, -0.15) is 0 Å². The van der Waals surface area contributed by atoms with Crippen LogP contribution in [-0.4, -0.2) is 17.0 Å². The standard InChI is InChI=1S/C7H10O4/c1-7(2)3(5(8)9)4(7)6(10)11/h3-4H,1-2H3,(H,8,9)(H,10,11)/p-1. The molecule has 1 rings (SSSR count). The third-order valence-electron chi connectivity index (χ3n) is 2.35. The molecule has 2 unspecified atom stereocenters. The van der Waals surface area contributed by atoms with Gasteiger partial charge in [0.25, 0.3) is 0 Å². The average Bonchev–Trinajstić information content (AvgIpc) is 2.33. The van der Waals surface area contributed by atoms with E-state index in [1.807, 2.05) is 0 Å². The molecule has 2 atom stereocenters. The highest BCUT2D eigenvalue weighted by Gasteiger charge is 2.62. The highest BCUT2D eigenvalue weighted by atomic mass is 16.4. The Hall–Kier alpha value is -1.06. The van der Waals surface area contributed by atoms with Crippen molar-refractivity contribution >= 4 is 11.9 Å². The van der Waals surface area contributed by atoms with Crippen LogP contribution in [0.1, 0.15) is 13.8 Å². The second kappa shape index (κ2) is 1.96. The summed E-state index contributed by atoms with van der Waals surface area (Å²) in [5.74, 6) is -3.90. The van der Waals surface area contributed by atoms with Crippen molar-refractivity contribution in [2.45, 2.75) is 13.8 Å². The second-order valence-electron chi connectivity index (χ2n) is 3.43. The Morgan fingerprint density at radius 2 is 1.82 bits per heavy atom. The van der Waals surface area contributed by atoms with Crippen molar-refractivity contribution in [1.29, 1.82) is 0 Å². The third-order valence-corrected chi connectivity index (χ3v) is 2.35. The molecule has 11 heavy (non-hydrogen) atoms. The summed E-state index contributed by atoms with van der Waals surface area (Å²) in [6, 6.07) is 0. The summed E-state index contributed by atoms with van der Waals surface area (Å²) in [5, 5.41) is 18.8. The van der Waals surface area contributed by atoms with E-state index in [2.05, 4.69) is 0 Å². The van der Waals surface area contributed by atoms with E-state index in [1.165, 1.54) is 0 Å². The van der Waals surface area contributed by atoms with E-state index in [4.69, 9.17) is 5.11 Å². The van der Waals surface area contributed by atoms with Crippen LogP contribution in [0.25, 0.3) is 0 Å². The molecule has 0 aromatic heterocycles. The molecule has 1 N–H and O–H groups in total. The van der Waals surface area contributed by atoms with Gasteiger partial charge < -0.3 is 15.0 Å². The van der Waals surface area contributed by atoms with E-state index >= 15 is 0 Å². The number of aliphatic carboxylic acids is 2. The lowest BCUT2D eigenvalue weighted by Crippen LogP contribution is -2.27. The van der Waals surface area contributed by atoms with Crippen molar-refractivity contribution in [2.75, 3.05) is 0 Å². The van der Waals surface area contributed by atoms with E-state index in [0.29, 0.717) is 0 Å². The molecule has 0 bridgehead atoms. The number of carboxylic acids is 2. The molecule has 1 fully saturated rings. The van der Waals surface area contributed by atoms with Crippen LogP contribution in [0, 0.1) is 17.3 Å². The molecular formula is C7H9O4-. The van der Waals surface area contributed by atoms with Gasteiger partial charge in [-0.3, -0.25) is 4.79 Å². The zero-order valence-electron chi connectivity index (χ0n) is 6.33. The van der Waals surface area contributed by atoms with Crippen molar-refractivity contribution in [3.8, 4) is 0 Å². The zero-order chi connectivity index (χ0) is 8.81. The summed E-state index contributed by atoms with van der Waals surface area (Å²) in [6.45, 7) is 3.23. The van der Waals surface area contributed by atoms with Gasteiger partial charge in [0.1, 0.15) is 0 Å². The molecule has 4 heteroatoms. The first kappa shape index (κ1) is 8.04. The molecule has 0 radical (unpaired) electrons. The minimum atomic E-state index is -1.26. The Bertz CT molecular complexity index is 196. The summed E-state index contributed by atoms with van der Waals surface area (Å²) >= 11 is 0. The molecular weight excluding hydrogens is 148 g/mol. The average molecular weight is 157 g/mol. The highest BCUT2D eigenvalue weighted by Crippen LogP contribution is 2.57. The molecule has 0 heterocycles. The van der Waals surface area contributed by atoms with Gasteiger partial charge in [0, 0.05) is 11.9 Å². The van der Waals surface area contributed by atoms with Gasteiger partial charge in [0.05, 0.1) is 5.92 Å². The number of carbonyl (C=O) groups is 2. The first-order valence-corrected chi connectivity index (χ1v) is 3.32.